The monoisotopic (exact) mass is 418 g/mol. The van der Waals surface area contributed by atoms with Crippen LogP contribution in [0.1, 0.15) is 28.4 Å². The van der Waals surface area contributed by atoms with Crippen LogP contribution in [-0.2, 0) is 10.0 Å². The number of aromatic nitrogens is 1. The van der Waals surface area contributed by atoms with Gasteiger partial charge in [0.05, 0.1) is 10.1 Å². The molecule has 148 valence electrons. The molecule has 28 heavy (non-hydrogen) atoms. The van der Waals surface area contributed by atoms with Gasteiger partial charge in [-0.2, -0.15) is 0 Å². The van der Waals surface area contributed by atoms with Gasteiger partial charge in [0.1, 0.15) is 5.52 Å². The summed E-state index contributed by atoms with van der Waals surface area (Å²) in [5.41, 5.74) is 3.57. The third kappa shape index (κ3) is 3.99. The molecular formula is C20H22N2O4S2. The number of benzene rings is 2. The number of fused-ring (bicyclic) bond motifs is 1. The van der Waals surface area contributed by atoms with Crippen LogP contribution in [-0.4, -0.2) is 42.8 Å². The Morgan fingerprint density at radius 3 is 2.54 bits per heavy atom. The smallest absolute Gasteiger partial charge is 0.257 e. The number of ketones is 1. The van der Waals surface area contributed by atoms with Crippen LogP contribution in [0.4, 0.5) is 0 Å². The highest BCUT2D eigenvalue weighted by molar-refractivity contribution is 8.00. The molecule has 0 saturated carbocycles. The molecule has 0 amide bonds. The first-order chi connectivity index (χ1) is 13.1. The summed E-state index contributed by atoms with van der Waals surface area (Å²) in [7, 11) is -0.597. The first-order valence-corrected chi connectivity index (χ1v) is 11.0. The molecule has 0 aliphatic carbocycles. The second-order valence-corrected chi connectivity index (χ2v) is 10.3. The van der Waals surface area contributed by atoms with E-state index >= 15 is 0 Å². The van der Waals surface area contributed by atoms with Gasteiger partial charge in [0, 0.05) is 19.7 Å². The zero-order chi connectivity index (χ0) is 20.6. The molecule has 1 aromatic heterocycles. The summed E-state index contributed by atoms with van der Waals surface area (Å²) in [5, 5.41) is -0.0564. The number of oxazole rings is 1. The number of hydrogen-bond donors (Lipinski definition) is 0. The Hall–Kier alpha value is -2.16. The van der Waals surface area contributed by atoms with Crippen molar-refractivity contribution in [2.24, 2.45) is 0 Å². The molecule has 0 bridgehead atoms. The third-order valence-corrected chi connectivity index (χ3v) is 7.18. The quantitative estimate of drug-likeness (QED) is 0.444. The minimum absolute atomic E-state index is 0.00401. The lowest BCUT2D eigenvalue weighted by Gasteiger charge is -2.10. The SMILES string of the molecule is Cc1ccc(C)c(C(=O)[C@H](C)Sc2nc3cc(S(=O)(=O)N(C)C)ccc3o2)c1. The second-order valence-electron chi connectivity index (χ2n) is 6.84. The van der Waals surface area contributed by atoms with Gasteiger partial charge in [-0.1, -0.05) is 29.5 Å². The van der Waals surface area contributed by atoms with E-state index in [0.717, 1.165) is 15.4 Å². The molecule has 0 aliphatic rings. The van der Waals surface area contributed by atoms with E-state index in [1.807, 2.05) is 39.0 Å². The fraction of sp³-hybridized carbons (Fsp3) is 0.300. The summed E-state index contributed by atoms with van der Waals surface area (Å²) in [6, 6.07) is 10.4. The van der Waals surface area contributed by atoms with Crippen molar-refractivity contribution in [1.82, 2.24) is 9.29 Å². The fourth-order valence-corrected chi connectivity index (χ4v) is 4.48. The average molecular weight is 419 g/mol. The fourth-order valence-electron chi connectivity index (χ4n) is 2.73. The molecule has 2 aromatic carbocycles. The maximum Gasteiger partial charge on any atom is 0.257 e. The van der Waals surface area contributed by atoms with Crippen molar-refractivity contribution in [2.75, 3.05) is 14.1 Å². The number of thioether (sulfide) groups is 1. The summed E-state index contributed by atoms with van der Waals surface area (Å²) < 4.78 is 31.4. The molecule has 3 rings (SSSR count). The highest BCUT2D eigenvalue weighted by Gasteiger charge is 2.22. The third-order valence-electron chi connectivity index (χ3n) is 4.42. The first-order valence-electron chi connectivity index (χ1n) is 8.71. The predicted octanol–water partition coefficient (Wildman–Crippen LogP) is 4.06. The number of aryl methyl sites for hydroxylation is 2. The molecule has 0 unspecified atom stereocenters. The van der Waals surface area contributed by atoms with E-state index in [9.17, 15) is 13.2 Å². The number of carbonyl (C=O) groups is 1. The van der Waals surface area contributed by atoms with Crippen LogP contribution in [0.15, 0.2) is 50.9 Å². The molecule has 0 saturated heterocycles. The highest BCUT2D eigenvalue weighted by Crippen LogP contribution is 2.30. The molecule has 1 heterocycles. The maximum atomic E-state index is 12.8. The van der Waals surface area contributed by atoms with E-state index in [-0.39, 0.29) is 10.7 Å². The van der Waals surface area contributed by atoms with Gasteiger partial charge in [-0.05, 0) is 50.6 Å². The van der Waals surface area contributed by atoms with Crippen molar-refractivity contribution >= 4 is 38.7 Å². The summed E-state index contributed by atoms with van der Waals surface area (Å²) in [4.78, 5) is 17.3. The van der Waals surface area contributed by atoms with Gasteiger partial charge >= 0.3 is 0 Å². The number of rotatable bonds is 6. The van der Waals surface area contributed by atoms with Crippen LogP contribution < -0.4 is 0 Å². The summed E-state index contributed by atoms with van der Waals surface area (Å²) in [6.07, 6.45) is 0. The molecule has 0 N–H and O–H groups in total. The highest BCUT2D eigenvalue weighted by atomic mass is 32.2. The molecular weight excluding hydrogens is 396 g/mol. The van der Waals surface area contributed by atoms with Gasteiger partial charge in [0.15, 0.2) is 11.4 Å². The molecule has 0 spiro atoms. The van der Waals surface area contributed by atoms with Gasteiger partial charge < -0.3 is 4.42 Å². The number of nitrogens with zero attached hydrogens (tertiary/aromatic N) is 2. The summed E-state index contributed by atoms with van der Waals surface area (Å²) >= 11 is 1.22. The van der Waals surface area contributed by atoms with E-state index in [4.69, 9.17) is 4.42 Å². The van der Waals surface area contributed by atoms with Crippen LogP contribution in [0.25, 0.3) is 11.1 Å². The van der Waals surface area contributed by atoms with Crippen molar-refractivity contribution < 1.29 is 17.6 Å². The van der Waals surface area contributed by atoms with E-state index in [2.05, 4.69) is 4.98 Å². The van der Waals surface area contributed by atoms with E-state index in [0.29, 0.717) is 21.9 Å². The minimum atomic E-state index is -3.55. The van der Waals surface area contributed by atoms with Crippen molar-refractivity contribution in [1.29, 1.82) is 0 Å². The first kappa shape index (κ1) is 20.6. The van der Waals surface area contributed by atoms with Gasteiger partial charge in [-0.15, -0.1) is 0 Å². The largest absolute Gasteiger partial charge is 0.431 e. The van der Waals surface area contributed by atoms with Crippen LogP contribution in [0.5, 0.6) is 0 Å². The van der Waals surface area contributed by atoms with Crippen molar-refractivity contribution in [3.05, 3.63) is 53.1 Å². The lowest BCUT2D eigenvalue weighted by molar-refractivity contribution is 0.0993. The zero-order valence-corrected chi connectivity index (χ0v) is 18.0. The standard InChI is InChI=1S/C20H22N2O4S2/c1-12-6-7-13(2)16(10-12)19(23)14(3)27-20-21-17-11-15(8-9-18(17)26-20)28(24,25)22(4)5/h6-11,14H,1-5H3/t14-/m0/s1. The lowest BCUT2D eigenvalue weighted by Crippen LogP contribution is -2.22. The predicted molar refractivity (Wildman–Crippen MR) is 110 cm³/mol. The minimum Gasteiger partial charge on any atom is -0.431 e. The van der Waals surface area contributed by atoms with Gasteiger partial charge in [-0.25, -0.2) is 17.7 Å². The summed E-state index contributed by atoms with van der Waals surface area (Å²) in [5.74, 6) is 0.00401. The Balaban J connectivity index is 1.86. The van der Waals surface area contributed by atoms with E-state index in [1.165, 1.54) is 38.0 Å². The van der Waals surface area contributed by atoms with Crippen molar-refractivity contribution in [3.8, 4) is 0 Å². The molecule has 1 atom stereocenters. The lowest BCUT2D eigenvalue weighted by atomic mass is 10.0. The van der Waals surface area contributed by atoms with Crippen molar-refractivity contribution in [3.63, 3.8) is 0 Å². The Morgan fingerprint density at radius 1 is 1.14 bits per heavy atom. The Morgan fingerprint density at radius 2 is 1.86 bits per heavy atom. The molecule has 0 fully saturated rings. The molecule has 8 heteroatoms. The molecule has 6 nitrogen and oxygen atoms in total. The Kier molecular flexibility index (Phi) is 5.65. The van der Waals surface area contributed by atoms with Gasteiger partial charge in [0.25, 0.3) is 5.22 Å². The number of sulfonamides is 1. The van der Waals surface area contributed by atoms with Crippen LogP contribution in [0.2, 0.25) is 0 Å². The number of carbonyl (C=O) groups excluding carboxylic acids is 1. The number of Topliss-reactive ketones (excluding diaryl/α,β-unsaturated/α-hetero) is 1. The van der Waals surface area contributed by atoms with Crippen molar-refractivity contribution in [2.45, 2.75) is 36.1 Å². The molecule has 3 aromatic rings. The van der Waals surface area contributed by atoms with E-state index in [1.54, 1.807) is 6.07 Å². The Bertz CT molecular complexity index is 1150. The maximum absolute atomic E-state index is 12.8. The molecule has 0 radical (unpaired) electrons. The van der Waals surface area contributed by atoms with Crippen LogP contribution >= 0.6 is 11.8 Å². The molecule has 0 aliphatic heterocycles. The van der Waals surface area contributed by atoms with Crippen LogP contribution in [0, 0.1) is 13.8 Å². The zero-order valence-electron chi connectivity index (χ0n) is 16.4. The second kappa shape index (κ2) is 7.69. The van der Waals surface area contributed by atoms with Gasteiger partial charge in [-0.3, -0.25) is 4.79 Å². The van der Waals surface area contributed by atoms with Crippen LogP contribution in [0.3, 0.4) is 0 Å². The Labute approximate surface area is 169 Å². The average Bonchev–Trinajstić information content (AvgIpc) is 3.04. The summed E-state index contributed by atoms with van der Waals surface area (Å²) in [6.45, 7) is 5.68. The van der Waals surface area contributed by atoms with Gasteiger partial charge in [0.2, 0.25) is 10.0 Å². The number of hydrogen-bond acceptors (Lipinski definition) is 6. The normalized spacial score (nSPS) is 13.2. The topological polar surface area (TPSA) is 80.5 Å². The van der Waals surface area contributed by atoms with E-state index < -0.39 is 15.3 Å².